The average Bonchev–Trinajstić information content (AvgIpc) is 3.56. The van der Waals surface area contributed by atoms with Gasteiger partial charge in [-0.3, -0.25) is 14.4 Å². The molecular formula is C26H27N7O4. The van der Waals surface area contributed by atoms with E-state index in [1.807, 2.05) is 29.7 Å². The topological polar surface area (TPSA) is 115 Å². The summed E-state index contributed by atoms with van der Waals surface area (Å²) in [5.74, 6) is 0.120. The Morgan fingerprint density at radius 2 is 1.70 bits per heavy atom. The maximum absolute atomic E-state index is 13.5. The van der Waals surface area contributed by atoms with E-state index in [0.717, 1.165) is 0 Å². The fourth-order valence-electron chi connectivity index (χ4n) is 4.62. The van der Waals surface area contributed by atoms with Crippen LogP contribution in [0.15, 0.2) is 49.1 Å². The predicted octanol–water partition coefficient (Wildman–Crippen LogP) is 2.12. The Morgan fingerprint density at radius 1 is 1.00 bits per heavy atom. The van der Waals surface area contributed by atoms with Gasteiger partial charge in [0.15, 0.2) is 5.82 Å². The van der Waals surface area contributed by atoms with Gasteiger partial charge in [-0.2, -0.15) is 5.10 Å². The number of hydrogen-bond donors (Lipinski definition) is 0. The largest absolute Gasteiger partial charge is 0.494 e. The lowest BCUT2D eigenvalue weighted by Gasteiger charge is -2.34. The molecule has 11 heteroatoms. The molecular weight excluding hydrogens is 474 g/mol. The van der Waals surface area contributed by atoms with Crippen molar-refractivity contribution in [2.24, 2.45) is 0 Å². The Labute approximate surface area is 213 Å². The SMILES string of the molecule is CCn1cc(C(=O)C(=O)N2CCN(C(=O)c3ccccc3)CC2)c2c(OC)cnc(-n3cnc(C)n3)c21. The fraction of sp³-hybridized carbons (Fsp3) is 0.308. The average molecular weight is 502 g/mol. The molecule has 0 bridgehead atoms. The van der Waals surface area contributed by atoms with Crippen LogP contribution in [-0.4, -0.2) is 85.0 Å². The second kappa shape index (κ2) is 9.84. The van der Waals surface area contributed by atoms with E-state index < -0.39 is 11.7 Å². The molecule has 0 atom stereocenters. The lowest BCUT2D eigenvalue weighted by atomic mass is 10.1. The van der Waals surface area contributed by atoms with Gasteiger partial charge in [-0.15, -0.1) is 0 Å². The number of aromatic nitrogens is 5. The van der Waals surface area contributed by atoms with Gasteiger partial charge < -0.3 is 19.1 Å². The summed E-state index contributed by atoms with van der Waals surface area (Å²) >= 11 is 0. The summed E-state index contributed by atoms with van der Waals surface area (Å²) in [6, 6.07) is 9.03. The third-order valence-electron chi connectivity index (χ3n) is 6.54. The first-order valence-corrected chi connectivity index (χ1v) is 12.0. The zero-order valence-electron chi connectivity index (χ0n) is 20.9. The van der Waals surface area contributed by atoms with Crippen molar-refractivity contribution in [2.75, 3.05) is 33.3 Å². The number of pyridine rings is 1. The second-order valence-electron chi connectivity index (χ2n) is 8.72. The number of ketones is 1. The molecule has 11 nitrogen and oxygen atoms in total. The van der Waals surface area contributed by atoms with E-state index >= 15 is 0 Å². The van der Waals surface area contributed by atoms with Gasteiger partial charge >= 0.3 is 0 Å². The molecule has 4 heterocycles. The number of Topliss-reactive ketones (excluding diaryl/α,β-unsaturated/α-hetero) is 1. The van der Waals surface area contributed by atoms with E-state index in [1.54, 1.807) is 41.2 Å². The first-order chi connectivity index (χ1) is 17.9. The molecule has 0 aliphatic carbocycles. The molecule has 0 spiro atoms. The monoisotopic (exact) mass is 501 g/mol. The first kappa shape index (κ1) is 24.2. The number of amides is 2. The molecule has 0 radical (unpaired) electrons. The van der Waals surface area contributed by atoms with Crippen LogP contribution >= 0.6 is 0 Å². The van der Waals surface area contributed by atoms with Crippen LogP contribution in [0.25, 0.3) is 16.7 Å². The number of aryl methyl sites for hydroxylation is 2. The quantitative estimate of drug-likeness (QED) is 0.294. The van der Waals surface area contributed by atoms with Gasteiger partial charge in [0.1, 0.15) is 17.9 Å². The fourth-order valence-corrected chi connectivity index (χ4v) is 4.62. The lowest BCUT2D eigenvalue weighted by molar-refractivity contribution is -0.127. The predicted molar refractivity (Wildman–Crippen MR) is 135 cm³/mol. The number of rotatable bonds is 6. The van der Waals surface area contributed by atoms with Crippen LogP contribution in [0.3, 0.4) is 0 Å². The lowest BCUT2D eigenvalue weighted by Crippen LogP contribution is -2.52. The summed E-state index contributed by atoms with van der Waals surface area (Å²) in [5, 5.41) is 4.86. The van der Waals surface area contributed by atoms with Crippen LogP contribution in [0.5, 0.6) is 5.75 Å². The van der Waals surface area contributed by atoms with Crippen LogP contribution in [0.1, 0.15) is 33.5 Å². The van der Waals surface area contributed by atoms with Crippen molar-refractivity contribution in [3.63, 3.8) is 0 Å². The third kappa shape index (κ3) is 4.32. The number of ether oxygens (including phenoxy) is 1. The number of piperazine rings is 1. The summed E-state index contributed by atoms with van der Waals surface area (Å²) in [6.45, 7) is 5.51. The molecule has 1 aliphatic rings. The zero-order chi connectivity index (χ0) is 26.1. The smallest absolute Gasteiger partial charge is 0.295 e. The number of nitrogens with zero attached hydrogens (tertiary/aromatic N) is 7. The van der Waals surface area contributed by atoms with E-state index in [9.17, 15) is 14.4 Å². The molecule has 4 aromatic rings. The Hall–Kier alpha value is -4.54. The van der Waals surface area contributed by atoms with Crippen LogP contribution in [-0.2, 0) is 11.3 Å². The van der Waals surface area contributed by atoms with Crippen molar-refractivity contribution in [1.29, 1.82) is 0 Å². The Kier molecular flexibility index (Phi) is 6.43. The highest BCUT2D eigenvalue weighted by molar-refractivity contribution is 6.45. The van der Waals surface area contributed by atoms with E-state index in [4.69, 9.17) is 4.74 Å². The zero-order valence-corrected chi connectivity index (χ0v) is 20.9. The molecule has 0 saturated carbocycles. The number of carbonyl (C=O) groups is 3. The molecule has 3 aromatic heterocycles. The summed E-state index contributed by atoms with van der Waals surface area (Å²) in [5.41, 5.74) is 1.47. The molecule has 1 fully saturated rings. The van der Waals surface area contributed by atoms with Crippen LogP contribution in [0.2, 0.25) is 0 Å². The Morgan fingerprint density at radius 3 is 2.32 bits per heavy atom. The molecule has 0 unspecified atom stereocenters. The number of fused-ring (bicyclic) bond motifs is 1. The molecule has 190 valence electrons. The van der Waals surface area contributed by atoms with Gasteiger partial charge in [-0.25, -0.2) is 14.6 Å². The summed E-state index contributed by atoms with van der Waals surface area (Å²) in [4.78, 5) is 51.5. The van der Waals surface area contributed by atoms with Gasteiger partial charge in [0.2, 0.25) is 0 Å². The maximum atomic E-state index is 13.5. The number of methoxy groups -OCH3 is 1. The number of hydrogen-bond acceptors (Lipinski definition) is 7. The van der Waals surface area contributed by atoms with E-state index in [2.05, 4.69) is 15.1 Å². The summed E-state index contributed by atoms with van der Waals surface area (Å²) in [7, 11) is 1.50. The van der Waals surface area contributed by atoms with E-state index in [-0.39, 0.29) is 24.6 Å². The minimum absolute atomic E-state index is 0.0850. The van der Waals surface area contributed by atoms with Crippen LogP contribution < -0.4 is 4.74 Å². The highest BCUT2D eigenvalue weighted by Crippen LogP contribution is 2.34. The number of carbonyl (C=O) groups excluding carboxylic acids is 3. The minimum Gasteiger partial charge on any atom is -0.494 e. The van der Waals surface area contributed by atoms with Gasteiger partial charge in [-0.05, 0) is 26.0 Å². The second-order valence-corrected chi connectivity index (χ2v) is 8.72. The normalized spacial score (nSPS) is 13.7. The molecule has 0 N–H and O–H groups in total. The van der Waals surface area contributed by atoms with Crippen molar-refractivity contribution in [2.45, 2.75) is 20.4 Å². The van der Waals surface area contributed by atoms with Crippen molar-refractivity contribution in [1.82, 2.24) is 34.1 Å². The van der Waals surface area contributed by atoms with Crippen molar-refractivity contribution in [3.05, 3.63) is 66.0 Å². The summed E-state index contributed by atoms with van der Waals surface area (Å²) < 4.78 is 8.94. The van der Waals surface area contributed by atoms with Crippen LogP contribution in [0.4, 0.5) is 0 Å². The van der Waals surface area contributed by atoms with Crippen molar-refractivity contribution in [3.8, 4) is 11.6 Å². The first-order valence-electron chi connectivity index (χ1n) is 12.0. The Balaban J connectivity index is 1.43. The van der Waals surface area contributed by atoms with Gasteiger partial charge in [-0.1, -0.05) is 18.2 Å². The number of benzene rings is 1. The molecule has 5 rings (SSSR count). The van der Waals surface area contributed by atoms with Gasteiger partial charge in [0.25, 0.3) is 17.6 Å². The minimum atomic E-state index is -0.634. The standard InChI is InChI=1S/C26H27N7O4/c1-4-30-15-19(21-20(37-3)14-27-24(22(21)30)33-16-28-17(2)29-33)23(34)26(36)32-12-10-31(11-13-32)25(35)18-8-6-5-7-9-18/h5-9,14-16H,4,10-13H2,1-3H3. The van der Waals surface area contributed by atoms with Gasteiger partial charge in [0, 0.05) is 44.5 Å². The molecule has 37 heavy (non-hydrogen) atoms. The molecule has 1 saturated heterocycles. The Bertz CT molecular complexity index is 1480. The van der Waals surface area contributed by atoms with E-state index in [1.165, 1.54) is 18.2 Å². The molecule has 1 aliphatic heterocycles. The van der Waals surface area contributed by atoms with Crippen molar-refractivity contribution >= 4 is 28.5 Å². The van der Waals surface area contributed by atoms with E-state index in [0.29, 0.717) is 53.5 Å². The van der Waals surface area contributed by atoms with Crippen LogP contribution in [0, 0.1) is 6.92 Å². The maximum Gasteiger partial charge on any atom is 0.295 e. The molecule has 2 amide bonds. The third-order valence-corrected chi connectivity index (χ3v) is 6.54. The highest BCUT2D eigenvalue weighted by atomic mass is 16.5. The van der Waals surface area contributed by atoms with Crippen molar-refractivity contribution < 1.29 is 19.1 Å². The molecule has 1 aromatic carbocycles. The summed E-state index contributed by atoms with van der Waals surface area (Å²) in [6.07, 6.45) is 4.74. The van der Waals surface area contributed by atoms with Gasteiger partial charge in [0.05, 0.1) is 29.8 Å². The highest BCUT2D eigenvalue weighted by Gasteiger charge is 2.32.